The zero-order valence-corrected chi connectivity index (χ0v) is 17.2. The van der Waals surface area contributed by atoms with E-state index in [1.165, 1.54) is 34.5 Å². The predicted molar refractivity (Wildman–Crippen MR) is 105 cm³/mol. The number of rotatable bonds is 4. The van der Waals surface area contributed by atoms with Crippen molar-refractivity contribution >= 4 is 39.6 Å². The minimum Gasteiger partial charge on any atom is -0.448 e. The maximum absolute atomic E-state index is 12.5. The van der Waals surface area contributed by atoms with Crippen molar-refractivity contribution in [3.63, 3.8) is 0 Å². The monoisotopic (exact) mass is 403 g/mol. The topological polar surface area (TPSA) is 92.1 Å². The number of fused-ring (bicyclic) bond motifs is 1. The van der Waals surface area contributed by atoms with Gasteiger partial charge in [0.1, 0.15) is 15.9 Å². The van der Waals surface area contributed by atoms with Crippen molar-refractivity contribution in [2.45, 2.75) is 59.0 Å². The van der Waals surface area contributed by atoms with Gasteiger partial charge in [-0.3, -0.25) is 4.79 Å². The number of hydrogen-bond acceptors (Lipinski definition) is 7. The number of carbonyl (C=O) groups excluding carboxylic acids is 2. The van der Waals surface area contributed by atoms with E-state index in [1.54, 1.807) is 6.92 Å². The van der Waals surface area contributed by atoms with Crippen LogP contribution >= 0.6 is 22.7 Å². The van der Waals surface area contributed by atoms with Crippen LogP contribution in [0.2, 0.25) is 0 Å². The smallest absolute Gasteiger partial charge is 0.351 e. The van der Waals surface area contributed by atoms with E-state index in [2.05, 4.69) is 16.4 Å². The van der Waals surface area contributed by atoms with Crippen molar-refractivity contribution in [2.24, 2.45) is 0 Å². The summed E-state index contributed by atoms with van der Waals surface area (Å²) in [5, 5.41) is 13.7. The summed E-state index contributed by atoms with van der Waals surface area (Å²) in [4.78, 5) is 30.6. The summed E-state index contributed by atoms with van der Waals surface area (Å²) < 4.78 is 5.30. The van der Waals surface area contributed by atoms with Crippen LogP contribution in [0.15, 0.2) is 0 Å². The lowest BCUT2D eigenvalue weighted by Gasteiger charge is -2.12. The van der Waals surface area contributed by atoms with Gasteiger partial charge in [0.25, 0.3) is 5.91 Å². The molecule has 0 saturated carbocycles. The van der Waals surface area contributed by atoms with Crippen LogP contribution in [0.5, 0.6) is 0 Å². The van der Waals surface area contributed by atoms with Gasteiger partial charge in [-0.05, 0) is 52.0 Å². The zero-order valence-electron chi connectivity index (χ0n) is 15.5. The summed E-state index contributed by atoms with van der Waals surface area (Å²) >= 11 is 2.71. The molecule has 0 bridgehead atoms. The normalized spacial score (nSPS) is 14.6. The minimum atomic E-state index is -0.965. The fraction of sp³-hybridized carbons (Fsp3) is 0.474. The molecule has 0 unspecified atom stereocenters. The molecule has 1 aliphatic rings. The minimum absolute atomic E-state index is 0.410. The molecule has 1 atom stereocenters. The molecule has 6 nitrogen and oxygen atoms in total. The van der Waals surface area contributed by atoms with Crippen molar-refractivity contribution < 1.29 is 14.3 Å². The van der Waals surface area contributed by atoms with E-state index in [0.717, 1.165) is 42.7 Å². The van der Waals surface area contributed by atoms with Crippen molar-refractivity contribution in [3.05, 3.63) is 31.6 Å². The van der Waals surface area contributed by atoms with E-state index in [9.17, 15) is 14.9 Å². The van der Waals surface area contributed by atoms with Crippen LogP contribution < -0.4 is 5.32 Å². The lowest BCUT2D eigenvalue weighted by molar-refractivity contribution is -0.123. The Morgan fingerprint density at radius 2 is 1.96 bits per heavy atom. The Kier molecular flexibility index (Phi) is 5.92. The molecule has 2 aromatic heterocycles. The average molecular weight is 404 g/mol. The molecular weight excluding hydrogens is 382 g/mol. The second kappa shape index (κ2) is 8.19. The highest BCUT2D eigenvalue weighted by atomic mass is 32.1. The SMILES string of the molecule is Cc1nc(C)c(C(=O)O[C@H](C)C(=O)Nc2sc3c(c2C#N)CCCCC3)s1. The molecule has 3 rings (SSSR count). The molecule has 0 aromatic carbocycles. The predicted octanol–water partition coefficient (Wildman–Crippen LogP) is 4.15. The van der Waals surface area contributed by atoms with Gasteiger partial charge in [-0.25, -0.2) is 9.78 Å². The summed E-state index contributed by atoms with van der Waals surface area (Å²) in [7, 11) is 0. The number of esters is 1. The Morgan fingerprint density at radius 1 is 1.22 bits per heavy atom. The molecule has 27 heavy (non-hydrogen) atoms. The Morgan fingerprint density at radius 3 is 2.63 bits per heavy atom. The first kappa shape index (κ1) is 19.5. The third-order valence-electron chi connectivity index (χ3n) is 4.51. The molecule has 1 N–H and O–H groups in total. The second-order valence-electron chi connectivity index (χ2n) is 6.56. The maximum atomic E-state index is 12.5. The molecule has 142 valence electrons. The Bertz CT molecular complexity index is 924. The number of carbonyl (C=O) groups is 2. The highest BCUT2D eigenvalue weighted by Gasteiger charge is 2.25. The summed E-state index contributed by atoms with van der Waals surface area (Å²) in [5.74, 6) is -0.988. The molecule has 0 aliphatic heterocycles. The largest absolute Gasteiger partial charge is 0.448 e. The first-order valence-corrected chi connectivity index (χ1v) is 10.5. The van der Waals surface area contributed by atoms with Gasteiger partial charge in [0.2, 0.25) is 0 Å². The van der Waals surface area contributed by atoms with Gasteiger partial charge in [-0.2, -0.15) is 5.26 Å². The summed E-state index contributed by atoms with van der Waals surface area (Å²) in [5.41, 5.74) is 2.22. The number of amides is 1. The molecule has 2 heterocycles. The highest BCUT2D eigenvalue weighted by Crippen LogP contribution is 2.37. The number of aryl methyl sites for hydroxylation is 3. The number of thiophene rings is 1. The number of nitrogens with one attached hydrogen (secondary N) is 1. The Balaban J connectivity index is 1.71. The van der Waals surface area contributed by atoms with Gasteiger partial charge in [-0.15, -0.1) is 22.7 Å². The van der Waals surface area contributed by atoms with Gasteiger partial charge < -0.3 is 10.1 Å². The van der Waals surface area contributed by atoms with Gasteiger partial charge >= 0.3 is 5.97 Å². The molecule has 1 amide bonds. The number of anilines is 1. The summed E-state index contributed by atoms with van der Waals surface area (Å²) in [6.45, 7) is 5.08. The van der Waals surface area contributed by atoms with Crippen molar-refractivity contribution in [2.75, 3.05) is 5.32 Å². The first-order chi connectivity index (χ1) is 12.9. The number of thiazole rings is 1. The van der Waals surface area contributed by atoms with Gasteiger partial charge in [0.05, 0.1) is 16.3 Å². The molecule has 8 heteroatoms. The van der Waals surface area contributed by atoms with Crippen LogP contribution in [0.25, 0.3) is 0 Å². The van der Waals surface area contributed by atoms with Crippen LogP contribution in [0.4, 0.5) is 5.00 Å². The first-order valence-electron chi connectivity index (χ1n) is 8.91. The summed E-state index contributed by atoms with van der Waals surface area (Å²) in [6, 6.07) is 2.23. The van der Waals surface area contributed by atoms with Crippen LogP contribution in [0, 0.1) is 25.2 Å². The van der Waals surface area contributed by atoms with Gasteiger partial charge in [-0.1, -0.05) is 6.42 Å². The fourth-order valence-electron chi connectivity index (χ4n) is 3.15. The van der Waals surface area contributed by atoms with E-state index >= 15 is 0 Å². The molecule has 0 radical (unpaired) electrons. The number of nitrogens with zero attached hydrogens (tertiary/aromatic N) is 2. The van der Waals surface area contributed by atoms with Crippen molar-refractivity contribution in [3.8, 4) is 6.07 Å². The standard InChI is InChI=1S/C19H21N3O3S2/c1-10-16(26-12(3)21-10)19(24)25-11(2)17(23)22-18-14(9-20)13-7-5-4-6-8-15(13)27-18/h11H,4-8H2,1-3H3,(H,22,23)/t11-/m1/s1. The third-order valence-corrected chi connectivity index (χ3v) is 6.77. The number of hydrogen-bond donors (Lipinski definition) is 1. The lowest BCUT2D eigenvalue weighted by Crippen LogP contribution is -2.29. The quantitative estimate of drug-likeness (QED) is 0.612. The molecule has 0 saturated heterocycles. The van der Waals surface area contributed by atoms with Gasteiger partial charge in [0, 0.05) is 4.88 Å². The van der Waals surface area contributed by atoms with Crippen LogP contribution in [-0.2, 0) is 22.4 Å². The number of nitriles is 1. The van der Waals surface area contributed by atoms with E-state index in [4.69, 9.17) is 4.74 Å². The van der Waals surface area contributed by atoms with Crippen LogP contribution in [0.1, 0.15) is 62.6 Å². The lowest BCUT2D eigenvalue weighted by atomic mass is 10.1. The van der Waals surface area contributed by atoms with E-state index in [0.29, 0.717) is 21.1 Å². The highest BCUT2D eigenvalue weighted by molar-refractivity contribution is 7.16. The van der Waals surface area contributed by atoms with Gasteiger partial charge in [0.15, 0.2) is 6.10 Å². The van der Waals surface area contributed by atoms with Crippen molar-refractivity contribution in [1.29, 1.82) is 5.26 Å². The van der Waals surface area contributed by atoms with Crippen molar-refractivity contribution in [1.82, 2.24) is 4.98 Å². The zero-order chi connectivity index (χ0) is 19.6. The Labute approximate surface area is 166 Å². The summed E-state index contributed by atoms with van der Waals surface area (Å²) in [6.07, 6.45) is 4.18. The molecule has 0 fully saturated rings. The molecular formula is C19H21N3O3S2. The van der Waals surface area contributed by atoms with E-state index in [-0.39, 0.29) is 0 Å². The van der Waals surface area contributed by atoms with Crippen LogP contribution in [-0.4, -0.2) is 23.0 Å². The molecule has 0 spiro atoms. The average Bonchev–Trinajstić information content (AvgIpc) is 3.03. The Hall–Kier alpha value is -2.24. The maximum Gasteiger partial charge on any atom is 0.351 e. The van der Waals surface area contributed by atoms with Crippen LogP contribution in [0.3, 0.4) is 0 Å². The molecule has 1 aliphatic carbocycles. The second-order valence-corrected chi connectivity index (χ2v) is 8.87. The number of aromatic nitrogens is 1. The fourth-order valence-corrected chi connectivity index (χ4v) is 5.20. The number of ether oxygens (including phenoxy) is 1. The van der Waals surface area contributed by atoms with E-state index in [1.807, 2.05) is 6.92 Å². The van der Waals surface area contributed by atoms with E-state index < -0.39 is 18.0 Å². The molecule has 2 aromatic rings. The third kappa shape index (κ3) is 4.20.